The lowest BCUT2D eigenvalue weighted by molar-refractivity contribution is -0.137. The highest BCUT2D eigenvalue weighted by Crippen LogP contribution is 2.38. The van der Waals surface area contributed by atoms with E-state index in [2.05, 4.69) is 5.32 Å². The molecular weight excluding hydrogens is 400 g/mol. The third kappa shape index (κ3) is 5.73. The molecule has 1 aromatic heterocycles. The van der Waals surface area contributed by atoms with Crippen molar-refractivity contribution in [2.75, 3.05) is 19.0 Å². The standard InChI is InChI=1S/C23H26N2O4S/c1-29-19-12-7-4-9-16(19)15-20-22(17-10-5-6-11-18(17)26)25-23(30-20)24-14-8-2-3-13-21(27)28/h4-7,9-12,26H,2-3,8,13-15H2,1H3,(H,24,25)(H,27,28). The molecular formula is C23H26N2O4S. The Morgan fingerprint density at radius 1 is 1.10 bits per heavy atom. The molecule has 30 heavy (non-hydrogen) atoms. The molecule has 2 aromatic carbocycles. The van der Waals surface area contributed by atoms with Gasteiger partial charge in [-0.1, -0.05) is 36.8 Å². The Morgan fingerprint density at radius 2 is 1.87 bits per heavy atom. The van der Waals surface area contributed by atoms with Gasteiger partial charge in [-0.05, 0) is 36.6 Å². The molecule has 3 aromatic rings. The number of carboxylic acid groups (broad SMARTS) is 1. The molecule has 0 bridgehead atoms. The van der Waals surface area contributed by atoms with Gasteiger partial charge in [0.15, 0.2) is 5.13 Å². The van der Waals surface area contributed by atoms with Gasteiger partial charge in [0.05, 0.1) is 12.8 Å². The van der Waals surface area contributed by atoms with Gasteiger partial charge in [0.2, 0.25) is 0 Å². The Morgan fingerprint density at radius 3 is 2.63 bits per heavy atom. The largest absolute Gasteiger partial charge is 0.507 e. The summed E-state index contributed by atoms with van der Waals surface area (Å²) in [5, 5.41) is 23.2. The number of hydrogen-bond acceptors (Lipinski definition) is 6. The van der Waals surface area contributed by atoms with E-state index in [1.807, 2.05) is 36.4 Å². The number of methoxy groups -OCH3 is 1. The Hall–Kier alpha value is -3.06. The van der Waals surface area contributed by atoms with Crippen LogP contribution < -0.4 is 10.1 Å². The summed E-state index contributed by atoms with van der Waals surface area (Å²) in [7, 11) is 1.66. The molecule has 6 nitrogen and oxygen atoms in total. The summed E-state index contributed by atoms with van der Waals surface area (Å²) in [5.41, 5.74) is 2.52. The molecule has 0 unspecified atom stereocenters. The molecule has 158 valence electrons. The third-order valence-corrected chi connectivity index (χ3v) is 5.76. The Balaban J connectivity index is 1.78. The smallest absolute Gasteiger partial charge is 0.303 e. The van der Waals surface area contributed by atoms with Gasteiger partial charge in [-0.25, -0.2) is 4.98 Å². The van der Waals surface area contributed by atoms with Crippen LogP contribution in [0.1, 0.15) is 36.1 Å². The number of aliphatic carboxylic acids is 1. The number of carbonyl (C=O) groups is 1. The van der Waals surface area contributed by atoms with Crippen LogP contribution in [0.3, 0.4) is 0 Å². The quantitative estimate of drug-likeness (QED) is 0.366. The number of unbranched alkanes of at least 4 members (excludes halogenated alkanes) is 2. The topological polar surface area (TPSA) is 91.7 Å². The van der Waals surface area contributed by atoms with Crippen molar-refractivity contribution in [1.82, 2.24) is 4.98 Å². The molecule has 0 aliphatic carbocycles. The van der Waals surface area contributed by atoms with E-state index in [0.29, 0.717) is 18.4 Å². The molecule has 0 saturated heterocycles. The van der Waals surface area contributed by atoms with Crippen molar-refractivity contribution >= 4 is 22.4 Å². The van der Waals surface area contributed by atoms with Gasteiger partial charge in [0.25, 0.3) is 0 Å². The lowest BCUT2D eigenvalue weighted by Crippen LogP contribution is -2.01. The minimum Gasteiger partial charge on any atom is -0.507 e. The first kappa shape index (κ1) is 21.6. The number of para-hydroxylation sites is 2. The van der Waals surface area contributed by atoms with E-state index >= 15 is 0 Å². The number of thiazole rings is 1. The Kier molecular flexibility index (Phi) is 7.68. The van der Waals surface area contributed by atoms with Crippen molar-refractivity contribution in [3.05, 3.63) is 59.0 Å². The summed E-state index contributed by atoms with van der Waals surface area (Å²) >= 11 is 1.56. The number of rotatable bonds is 11. The average Bonchev–Trinajstić information content (AvgIpc) is 3.13. The normalized spacial score (nSPS) is 10.7. The zero-order valence-electron chi connectivity index (χ0n) is 16.9. The van der Waals surface area contributed by atoms with Crippen molar-refractivity contribution in [2.24, 2.45) is 0 Å². The summed E-state index contributed by atoms with van der Waals surface area (Å²) in [6, 6.07) is 15.1. The van der Waals surface area contributed by atoms with E-state index in [1.165, 1.54) is 0 Å². The van der Waals surface area contributed by atoms with Crippen LogP contribution in [-0.4, -0.2) is 34.8 Å². The predicted molar refractivity (Wildman–Crippen MR) is 120 cm³/mol. The van der Waals surface area contributed by atoms with Gasteiger partial charge in [-0.15, -0.1) is 11.3 Å². The van der Waals surface area contributed by atoms with Gasteiger partial charge in [0.1, 0.15) is 11.5 Å². The molecule has 0 aliphatic heterocycles. The third-order valence-electron chi connectivity index (χ3n) is 4.74. The minimum atomic E-state index is -0.754. The maximum atomic E-state index is 10.6. The summed E-state index contributed by atoms with van der Waals surface area (Å²) in [4.78, 5) is 16.4. The molecule has 0 aliphatic rings. The molecule has 1 heterocycles. The summed E-state index contributed by atoms with van der Waals surface area (Å²) in [6.07, 6.45) is 3.26. The van der Waals surface area contributed by atoms with Crippen LogP contribution in [0.5, 0.6) is 11.5 Å². The van der Waals surface area contributed by atoms with Gasteiger partial charge >= 0.3 is 5.97 Å². The fraction of sp³-hybridized carbons (Fsp3) is 0.304. The average molecular weight is 427 g/mol. The Bertz CT molecular complexity index is 987. The van der Waals surface area contributed by atoms with Crippen LogP contribution in [0.25, 0.3) is 11.3 Å². The lowest BCUT2D eigenvalue weighted by Gasteiger charge is -2.08. The second-order valence-corrected chi connectivity index (χ2v) is 8.01. The van der Waals surface area contributed by atoms with Crippen molar-refractivity contribution in [3.63, 3.8) is 0 Å². The molecule has 3 rings (SSSR count). The van der Waals surface area contributed by atoms with E-state index in [0.717, 1.165) is 46.4 Å². The van der Waals surface area contributed by atoms with Crippen molar-refractivity contribution < 1.29 is 19.7 Å². The van der Waals surface area contributed by atoms with E-state index < -0.39 is 5.97 Å². The number of phenols is 1. The zero-order chi connectivity index (χ0) is 21.3. The van der Waals surface area contributed by atoms with E-state index in [-0.39, 0.29) is 12.2 Å². The van der Waals surface area contributed by atoms with Gasteiger partial charge in [-0.3, -0.25) is 4.79 Å². The molecule has 0 saturated carbocycles. The minimum absolute atomic E-state index is 0.198. The molecule has 3 N–H and O–H groups in total. The van der Waals surface area contributed by atoms with Crippen LogP contribution in [0, 0.1) is 0 Å². The molecule has 0 fully saturated rings. The maximum Gasteiger partial charge on any atom is 0.303 e. The molecule has 0 atom stereocenters. The highest BCUT2D eigenvalue weighted by atomic mass is 32.1. The fourth-order valence-corrected chi connectivity index (χ4v) is 4.25. The van der Waals surface area contributed by atoms with Crippen molar-refractivity contribution in [3.8, 4) is 22.8 Å². The number of benzene rings is 2. The van der Waals surface area contributed by atoms with Crippen LogP contribution in [0.2, 0.25) is 0 Å². The summed E-state index contributed by atoms with van der Waals surface area (Å²) in [6.45, 7) is 0.724. The first-order valence-corrected chi connectivity index (χ1v) is 10.8. The second-order valence-electron chi connectivity index (χ2n) is 6.93. The Labute approximate surface area is 180 Å². The summed E-state index contributed by atoms with van der Waals surface area (Å²) in [5.74, 6) is 0.266. The number of nitrogens with zero attached hydrogens (tertiary/aromatic N) is 1. The molecule has 0 amide bonds. The van der Waals surface area contributed by atoms with Crippen LogP contribution in [0.15, 0.2) is 48.5 Å². The number of hydrogen-bond donors (Lipinski definition) is 3. The van der Waals surface area contributed by atoms with E-state index in [1.54, 1.807) is 30.6 Å². The molecule has 0 radical (unpaired) electrons. The SMILES string of the molecule is COc1ccccc1Cc1sc(NCCCCCC(=O)O)nc1-c1ccccc1O. The number of carboxylic acids is 1. The zero-order valence-corrected chi connectivity index (χ0v) is 17.7. The molecule has 0 spiro atoms. The van der Waals surface area contributed by atoms with Gasteiger partial charge in [-0.2, -0.15) is 0 Å². The first-order chi connectivity index (χ1) is 14.6. The number of nitrogens with one attached hydrogen (secondary N) is 1. The second kappa shape index (κ2) is 10.6. The number of phenolic OH excluding ortho intramolecular Hbond substituents is 1. The predicted octanol–water partition coefficient (Wildman–Crippen LogP) is 5.17. The van der Waals surface area contributed by atoms with Crippen LogP contribution >= 0.6 is 11.3 Å². The number of ether oxygens (including phenoxy) is 1. The fourth-order valence-electron chi connectivity index (χ4n) is 3.23. The van der Waals surface area contributed by atoms with E-state index in [9.17, 15) is 9.90 Å². The number of aromatic hydroxyl groups is 1. The monoisotopic (exact) mass is 426 g/mol. The highest BCUT2D eigenvalue weighted by Gasteiger charge is 2.17. The summed E-state index contributed by atoms with van der Waals surface area (Å²) < 4.78 is 5.49. The number of aromatic nitrogens is 1. The van der Waals surface area contributed by atoms with Crippen LogP contribution in [0.4, 0.5) is 5.13 Å². The van der Waals surface area contributed by atoms with E-state index in [4.69, 9.17) is 14.8 Å². The first-order valence-electron chi connectivity index (χ1n) is 9.94. The van der Waals surface area contributed by atoms with Gasteiger partial charge < -0.3 is 20.3 Å². The lowest BCUT2D eigenvalue weighted by atomic mass is 10.0. The molecule has 7 heteroatoms. The van der Waals surface area contributed by atoms with Crippen LogP contribution in [-0.2, 0) is 11.2 Å². The van der Waals surface area contributed by atoms with Gasteiger partial charge in [0, 0.05) is 29.8 Å². The van der Waals surface area contributed by atoms with Crippen molar-refractivity contribution in [2.45, 2.75) is 32.1 Å². The highest BCUT2D eigenvalue weighted by molar-refractivity contribution is 7.16. The number of anilines is 1. The maximum absolute atomic E-state index is 10.6. The van der Waals surface area contributed by atoms with Crippen molar-refractivity contribution in [1.29, 1.82) is 0 Å².